The summed E-state index contributed by atoms with van der Waals surface area (Å²) in [4.78, 5) is 68.9. The number of hydrogen-bond donors (Lipinski definition) is 6. The molecular weight excluding hydrogens is 578 g/mol. The summed E-state index contributed by atoms with van der Waals surface area (Å²) < 4.78 is 0. The van der Waals surface area contributed by atoms with Gasteiger partial charge in [0.2, 0.25) is 0 Å². The fourth-order valence-electron chi connectivity index (χ4n) is 6.18. The van der Waals surface area contributed by atoms with E-state index < -0.39 is 26.4 Å². The third-order valence-corrected chi connectivity index (χ3v) is 15.0. The molecule has 6 N–H and O–H groups in total. The Kier molecular flexibility index (Phi) is 15.7. The van der Waals surface area contributed by atoms with Gasteiger partial charge in [-0.15, -0.1) is 0 Å². The van der Waals surface area contributed by atoms with E-state index in [0.717, 1.165) is 38.5 Å². The van der Waals surface area contributed by atoms with E-state index >= 15 is 0 Å². The number of benzene rings is 2. The van der Waals surface area contributed by atoms with E-state index in [0.29, 0.717) is 24.0 Å². The van der Waals surface area contributed by atoms with Crippen molar-refractivity contribution < 1.29 is 29.4 Å². The second kappa shape index (κ2) is 17.7. The summed E-state index contributed by atoms with van der Waals surface area (Å²) >= 11 is 0. The summed E-state index contributed by atoms with van der Waals surface area (Å²) in [5, 5.41) is 0.0885. The molecule has 1 atom stereocenters. The molecule has 6 nitrogen and oxygen atoms in total. The monoisotopic (exact) mass is 640 g/mol. The minimum absolute atomic E-state index is 0.0440. The Morgan fingerprint density at radius 1 is 0.488 bits per heavy atom. The number of aryl methyl sites for hydroxylation is 2. The summed E-state index contributed by atoms with van der Waals surface area (Å²) in [5.41, 5.74) is -0.0932. The molecule has 0 saturated carbocycles. The Balaban J connectivity index is 2.10. The molecule has 43 heavy (non-hydrogen) atoms. The average molecular weight is 641 g/mol. The molecule has 2 aromatic rings. The van der Waals surface area contributed by atoms with Crippen LogP contribution in [0.2, 0.25) is 0 Å². The van der Waals surface area contributed by atoms with Crippen molar-refractivity contribution in [1.29, 1.82) is 0 Å². The van der Waals surface area contributed by atoms with Crippen LogP contribution in [0, 0.1) is 0 Å². The van der Waals surface area contributed by atoms with Crippen molar-refractivity contribution in [3.8, 4) is 0 Å². The Bertz CT molecular complexity index is 1070. The second-order valence-electron chi connectivity index (χ2n) is 12.9. The van der Waals surface area contributed by atoms with Crippen molar-refractivity contribution in [2.45, 2.75) is 142 Å². The van der Waals surface area contributed by atoms with E-state index in [2.05, 4.69) is 13.8 Å². The zero-order valence-corrected chi connectivity index (χ0v) is 29.0. The molecule has 2 rings (SSSR count). The molecule has 0 fully saturated rings. The maximum absolute atomic E-state index is 11.5. The van der Waals surface area contributed by atoms with Gasteiger partial charge in [-0.1, -0.05) is 0 Å². The molecule has 0 aliphatic rings. The van der Waals surface area contributed by atoms with Crippen LogP contribution in [0.3, 0.4) is 0 Å². The van der Waals surface area contributed by atoms with Crippen molar-refractivity contribution in [2.24, 2.45) is 0 Å². The predicted octanol–water partition coefficient (Wildman–Crippen LogP) is 7.94. The van der Waals surface area contributed by atoms with Crippen LogP contribution in [0.25, 0.3) is 0 Å². The van der Waals surface area contributed by atoms with E-state index in [-0.39, 0.29) is 10.6 Å². The molecule has 0 bridgehead atoms. The van der Waals surface area contributed by atoms with Crippen LogP contribution < -0.4 is 10.6 Å². The van der Waals surface area contributed by atoms with Crippen LogP contribution in [-0.4, -0.2) is 41.2 Å². The summed E-state index contributed by atoms with van der Waals surface area (Å²) in [6.45, 7) is 5.80. The van der Waals surface area contributed by atoms with Gasteiger partial charge in [0.15, 0.2) is 0 Å². The first-order chi connectivity index (χ1) is 20.3. The SMILES string of the molecule is CCCCCCCCCCc1ccccc1P(O)(O)(O)CC(C)P(O)(O)(O)c1ccccc1CCCCCCCCCC. The van der Waals surface area contributed by atoms with Gasteiger partial charge in [-0.25, -0.2) is 0 Å². The van der Waals surface area contributed by atoms with Crippen LogP contribution in [-0.2, 0) is 12.8 Å². The van der Waals surface area contributed by atoms with Crippen LogP contribution in [0.4, 0.5) is 0 Å². The molecule has 1 unspecified atom stereocenters. The molecule has 0 aromatic heterocycles. The summed E-state index contributed by atoms with van der Waals surface area (Å²) in [7, 11) is -11.2. The normalized spacial score (nSPS) is 15.0. The zero-order valence-electron chi connectivity index (χ0n) is 27.2. The van der Waals surface area contributed by atoms with Crippen molar-refractivity contribution >= 4 is 25.2 Å². The molecule has 0 aliphatic carbocycles. The molecule has 0 spiro atoms. The van der Waals surface area contributed by atoms with Gasteiger partial charge < -0.3 is 0 Å². The van der Waals surface area contributed by atoms with Gasteiger partial charge in [0.25, 0.3) is 0 Å². The van der Waals surface area contributed by atoms with Crippen molar-refractivity contribution in [3.05, 3.63) is 59.7 Å². The first-order valence-electron chi connectivity index (χ1n) is 17.0. The summed E-state index contributed by atoms with van der Waals surface area (Å²) in [6.07, 6.45) is 18.8. The quantitative estimate of drug-likeness (QED) is 0.0542. The van der Waals surface area contributed by atoms with Crippen LogP contribution in [0.5, 0.6) is 0 Å². The molecular formula is C35H62O6P2. The van der Waals surface area contributed by atoms with E-state index in [1.165, 1.54) is 83.3 Å². The van der Waals surface area contributed by atoms with Gasteiger partial charge in [-0.05, 0) is 0 Å². The Morgan fingerprint density at radius 2 is 0.837 bits per heavy atom. The van der Waals surface area contributed by atoms with Gasteiger partial charge >= 0.3 is 262 Å². The third-order valence-electron chi connectivity index (χ3n) is 8.95. The molecule has 0 heterocycles. The van der Waals surface area contributed by atoms with Gasteiger partial charge in [0.1, 0.15) is 0 Å². The van der Waals surface area contributed by atoms with Gasteiger partial charge in [-0.3, -0.25) is 0 Å². The zero-order chi connectivity index (χ0) is 31.9. The Morgan fingerprint density at radius 3 is 1.28 bits per heavy atom. The third kappa shape index (κ3) is 12.4. The van der Waals surface area contributed by atoms with Crippen LogP contribution >= 0.6 is 14.6 Å². The maximum atomic E-state index is 11.5. The van der Waals surface area contributed by atoms with E-state index in [4.69, 9.17) is 0 Å². The Labute approximate surface area is 262 Å². The van der Waals surface area contributed by atoms with Crippen LogP contribution in [0.15, 0.2) is 48.5 Å². The van der Waals surface area contributed by atoms with Crippen molar-refractivity contribution in [3.63, 3.8) is 0 Å². The molecule has 8 heteroatoms. The fourth-order valence-corrected chi connectivity index (χ4v) is 12.2. The average Bonchev–Trinajstić information content (AvgIpc) is 2.95. The standard InChI is InChI=1S/C35H62O6P2/c1-4-6-8-10-12-14-16-18-24-32-26-20-22-28-34(32)42(36,37,38)30-31(3)43(39,40,41)35-29-23-21-27-33(35)25-19-17-15-13-11-9-7-5-2/h20-23,26-29,31,36-41H,4-19,24-25,30H2,1-3H3. The van der Waals surface area contributed by atoms with E-state index in [9.17, 15) is 29.4 Å². The van der Waals surface area contributed by atoms with E-state index in [1.54, 1.807) is 24.3 Å². The first-order valence-corrected chi connectivity index (χ1v) is 21.4. The molecule has 0 saturated heterocycles. The summed E-state index contributed by atoms with van der Waals surface area (Å²) in [5.74, 6) is 0. The topological polar surface area (TPSA) is 121 Å². The van der Waals surface area contributed by atoms with Gasteiger partial charge in [-0.2, -0.15) is 0 Å². The van der Waals surface area contributed by atoms with Crippen LogP contribution in [0.1, 0.15) is 135 Å². The van der Waals surface area contributed by atoms with Gasteiger partial charge in [0, 0.05) is 0 Å². The summed E-state index contributed by atoms with van der Waals surface area (Å²) in [6, 6.07) is 13.5. The first kappa shape index (κ1) is 38.2. The molecule has 248 valence electrons. The number of unbranched alkanes of at least 4 members (excludes halogenated alkanes) is 14. The predicted molar refractivity (Wildman–Crippen MR) is 186 cm³/mol. The number of rotatable bonds is 23. The van der Waals surface area contributed by atoms with E-state index in [1.807, 2.05) is 12.1 Å². The van der Waals surface area contributed by atoms with Gasteiger partial charge in [0.05, 0.1) is 0 Å². The van der Waals surface area contributed by atoms with Crippen molar-refractivity contribution in [2.75, 3.05) is 6.16 Å². The molecule has 0 aliphatic heterocycles. The van der Waals surface area contributed by atoms with Crippen molar-refractivity contribution in [1.82, 2.24) is 0 Å². The molecule has 2 aromatic carbocycles. The fraction of sp³-hybridized carbons (Fsp3) is 0.657. The number of hydrogen-bond acceptors (Lipinski definition) is 6. The second-order valence-corrected chi connectivity index (χ2v) is 19.5. The minimum atomic E-state index is -5.62. The Hall–Kier alpha value is -0.940. The molecule has 0 radical (unpaired) electrons. The molecule has 0 amide bonds.